The Kier molecular flexibility index (Phi) is 8.46. The molecule has 0 aliphatic rings. The average molecular weight is 349 g/mol. The van der Waals surface area contributed by atoms with E-state index in [1.165, 1.54) is 7.11 Å². The largest absolute Gasteiger partial charge is 0.459 e. The molecule has 0 saturated heterocycles. The van der Waals surface area contributed by atoms with Gasteiger partial charge in [0.05, 0.1) is 12.9 Å². The van der Waals surface area contributed by atoms with Gasteiger partial charge in [-0.3, -0.25) is 5.41 Å². The van der Waals surface area contributed by atoms with Crippen molar-refractivity contribution < 1.29 is 19.1 Å². The molecule has 0 aliphatic carbocycles. The lowest BCUT2D eigenvalue weighted by molar-refractivity contribution is -0.152. The number of benzene rings is 1. The van der Waals surface area contributed by atoms with Crippen molar-refractivity contribution in [2.24, 2.45) is 0 Å². The number of ether oxygens (including phenoxy) is 2. The minimum Gasteiger partial charge on any atom is -0.459 e. The van der Waals surface area contributed by atoms with E-state index in [1.54, 1.807) is 13.8 Å². The van der Waals surface area contributed by atoms with Gasteiger partial charge in [-0.25, -0.2) is 9.59 Å². The first-order chi connectivity index (χ1) is 11.9. The third-order valence-electron chi connectivity index (χ3n) is 3.72. The van der Waals surface area contributed by atoms with Crippen molar-refractivity contribution >= 4 is 17.9 Å². The van der Waals surface area contributed by atoms with Gasteiger partial charge in [0.1, 0.15) is 12.1 Å². The number of amides is 1. The molecule has 0 radical (unpaired) electrons. The molecule has 7 nitrogen and oxygen atoms in total. The number of rotatable bonds is 9. The first kappa shape index (κ1) is 20.5. The zero-order valence-electron chi connectivity index (χ0n) is 15.1. The Hall–Kier alpha value is -2.57. The summed E-state index contributed by atoms with van der Waals surface area (Å²) >= 11 is 0. The Bertz CT molecular complexity index is 577. The van der Waals surface area contributed by atoms with Crippen molar-refractivity contribution in [1.82, 2.24) is 10.6 Å². The van der Waals surface area contributed by atoms with Crippen LogP contribution in [-0.4, -0.2) is 37.1 Å². The van der Waals surface area contributed by atoms with Gasteiger partial charge in [-0.1, -0.05) is 30.3 Å². The normalized spacial score (nSPS) is 12.6. The van der Waals surface area contributed by atoms with E-state index in [9.17, 15) is 9.59 Å². The van der Waals surface area contributed by atoms with Crippen molar-refractivity contribution in [2.75, 3.05) is 13.7 Å². The fourth-order valence-corrected chi connectivity index (χ4v) is 2.25. The summed E-state index contributed by atoms with van der Waals surface area (Å²) < 4.78 is 9.99. The molecule has 1 aromatic rings. The molecule has 3 N–H and O–H groups in total. The molecule has 1 unspecified atom stereocenters. The standard InChI is InChI=1S/C18H27N3O4/c1-14(19)20-12-8-7-11-18(2,21-17(23)24-3)16(22)25-13-15-9-5-4-6-10-15/h4-6,9-10H,7-8,11-13H2,1-3H3,(H2,19,20)(H,21,23). The highest BCUT2D eigenvalue weighted by Gasteiger charge is 2.36. The van der Waals surface area contributed by atoms with Gasteiger partial charge in [-0.15, -0.1) is 0 Å². The number of alkyl carbamates (subject to hydrolysis) is 1. The van der Waals surface area contributed by atoms with Crippen molar-refractivity contribution in [2.45, 2.75) is 45.3 Å². The van der Waals surface area contributed by atoms with E-state index < -0.39 is 17.6 Å². The predicted octanol–water partition coefficient (Wildman–Crippen LogP) is 2.60. The molecule has 138 valence electrons. The number of methoxy groups -OCH3 is 1. The fraction of sp³-hybridized carbons (Fsp3) is 0.500. The quantitative estimate of drug-likeness (QED) is 0.275. The number of hydrogen-bond acceptors (Lipinski definition) is 5. The van der Waals surface area contributed by atoms with Crippen LogP contribution < -0.4 is 10.6 Å². The van der Waals surface area contributed by atoms with Gasteiger partial charge in [0.25, 0.3) is 0 Å². The minimum atomic E-state index is -1.17. The lowest BCUT2D eigenvalue weighted by Crippen LogP contribution is -2.53. The summed E-state index contributed by atoms with van der Waals surface area (Å²) in [6.07, 6.45) is 1.18. The summed E-state index contributed by atoms with van der Waals surface area (Å²) in [4.78, 5) is 24.1. The number of carbonyl (C=O) groups is 2. The highest BCUT2D eigenvalue weighted by molar-refractivity contribution is 5.85. The molecule has 0 fully saturated rings. The van der Waals surface area contributed by atoms with Gasteiger partial charge in [0.2, 0.25) is 0 Å². The Balaban J connectivity index is 2.60. The second-order valence-electron chi connectivity index (χ2n) is 6.02. The van der Waals surface area contributed by atoms with Gasteiger partial charge in [0.15, 0.2) is 0 Å². The molecule has 1 atom stereocenters. The van der Waals surface area contributed by atoms with Gasteiger partial charge < -0.3 is 20.1 Å². The molecular weight excluding hydrogens is 322 g/mol. The Morgan fingerprint density at radius 3 is 2.48 bits per heavy atom. The lowest BCUT2D eigenvalue weighted by atomic mass is 9.95. The van der Waals surface area contributed by atoms with Crippen LogP contribution in [0.2, 0.25) is 0 Å². The molecule has 0 saturated carbocycles. The van der Waals surface area contributed by atoms with E-state index in [-0.39, 0.29) is 6.61 Å². The Labute approximate surface area is 148 Å². The van der Waals surface area contributed by atoms with Crippen LogP contribution in [-0.2, 0) is 20.9 Å². The molecule has 0 spiro atoms. The zero-order valence-corrected chi connectivity index (χ0v) is 15.1. The maximum Gasteiger partial charge on any atom is 0.407 e. The van der Waals surface area contributed by atoms with Crippen LogP contribution in [0.25, 0.3) is 0 Å². The van der Waals surface area contributed by atoms with E-state index in [2.05, 4.69) is 15.4 Å². The molecule has 7 heteroatoms. The minimum absolute atomic E-state index is 0.146. The third kappa shape index (κ3) is 7.69. The zero-order chi connectivity index (χ0) is 18.7. The molecule has 1 amide bonds. The van der Waals surface area contributed by atoms with Gasteiger partial charge in [-0.2, -0.15) is 0 Å². The molecule has 0 heterocycles. The van der Waals surface area contributed by atoms with Crippen LogP contribution in [0.15, 0.2) is 30.3 Å². The molecule has 1 aromatic carbocycles. The number of amidine groups is 1. The Morgan fingerprint density at radius 2 is 1.88 bits per heavy atom. The number of hydrogen-bond donors (Lipinski definition) is 3. The van der Waals surface area contributed by atoms with Crippen LogP contribution in [0.3, 0.4) is 0 Å². The van der Waals surface area contributed by atoms with Crippen LogP contribution in [0.5, 0.6) is 0 Å². The summed E-state index contributed by atoms with van der Waals surface area (Å²) in [5, 5.41) is 12.8. The number of carbonyl (C=O) groups excluding carboxylic acids is 2. The summed E-state index contributed by atoms with van der Waals surface area (Å²) in [5.74, 6) is -0.101. The van der Waals surface area contributed by atoms with E-state index in [0.29, 0.717) is 25.2 Å². The Morgan fingerprint density at radius 1 is 1.20 bits per heavy atom. The highest BCUT2D eigenvalue weighted by atomic mass is 16.5. The van der Waals surface area contributed by atoms with Crippen molar-refractivity contribution in [3.63, 3.8) is 0 Å². The molecular formula is C18H27N3O4. The summed E-state index contributed by atoms with van der Waals surface area (Å²) in [6.45, 7) is 4.09. The molecule has 0 aliphatic heterocycles. The van der Waals surface area contributed by atoms with E-state index >= 15 is 0 Å². The summed E-state index contributed by atoms with van der Waals surface area (Å²) in [5.41, 5.74) is -0.288. The SMILES string of the molecule is COC(=O)NC(C)(CCCCNC(C)=N)C(=O)OCc1ccccc1. The third-order valence-corrected chi connectivity index (χ3v) is 3.72. The van der Waals surface area contributed by atoms with Crippen LogP contribution in [0.4, 0.5) is 4.79 Å². The fourth-order valence-electron chi connectivity index (χ4n) is 2.25. The maximum atomic E-state index is 12.5. The van der Waals surface area contributed by atoms with Gasteiger partial charge >= 0.3 is 12.1 Å². The van der Waals surface area contributed by atoms with E-state index in [4.69, 9.17) is 10.1 Å². The van der Waals surface area contributed by atoms with Crippen molar-refractivity contribution in [1.29, 1.82) is 5.41 Å². The van der Waals surface area contributed by atoms with Gasteiger partial charge in [-0.05, 0) is 38.7 Å². The van der Waals surface area contributed by atoms with Gasteiger partial charge in [0, 0.05) is 6.54 Å². The number of esters is 1. The van der Waals surface area contributed by atoms with E-state index in [0.717, 1.165) is 12.0 Å². The second kappa shape index (κ2) is 10.3. The topological polar surface area (TPSA) is 101 Å². The molecule has 25 heavy (non-hydrogen) atoms. The highest BCUT2D eigenvalue weighted by Crippen LogP contribution is 2.17. The van der Waals surface area contributed by atoms with Crippen LogP contribution in [0, 0.1) is 5.41 Å². The van der Waals surface area contributed by atoms with Crippen LogP contribution in [0.1, 0.15) is 38.7 Å². The first-order valence-corrected chi connectivity index (χ1v) is 8.23. The lowest BCUT2D eigenvalue weighted by Gasteiger charge is -2.28. The first-order valence-electron chi connectivity index (χ1n) is 8.23. The number of unbranched alkanes of at least 4 members (excludes halogenated alkanes) is 1. The monoisotopic (exact) mass is 349 g/mol. The van der Waals surface area contributed by atoms with Crippen LogP contribution >= 0.6 is 0 Å². The average Bonchev–Trinajstić information content (AvgIpc) is 2.59. The smallest absolute Gasteiger partial charge is 0.407 e. The van der Waals surface area contributed by atoms with Crippen molar-refractivity contribution in [3.8, 4) is 0 Å². The molecule has 0 bridgehead atoms. The number of nitrogens with one attached hydrogen (secondary N) is 3. The summed E-state index contributed by atoms with van der Waals surface area (Å²) in [6, 6.07) is 9.35. The summed E-state index contributed by atoms with van der Waals surface area (Å²) in [7, 11) is 1.25. The molecule has 0 aromatic heterocycles. The van der Waals surface area contributed by atoms with E-state index in [1.807, 2.05) is 30.3 Å². The molecule has 1 rings (SSSR count). The maximum absolute atomic E-state index is 12.5. The second-order valence-corrected chi connectivity index (χ2v) is 6.02. The van der Waals surface area contributed by atoms with Crippen molar-refractivity contribution in [3.05, 3.63) is 35.9 Å². The predicted molar refractivity (Wildman–Crippen MR) is 95.4 cm³/mol.